The SMILES string of the molecule is C=C(CBr)c1ccc(C2CC2)cc1. The third-order valence-electron chi connectivity index (χ3n) is 2.53. The average molecular weight is 237 g/mol. The molecule has 1 fully saturated rings. The Hall–Kier alpha value is -0.560. The van der Waals surface area contributed by atoms with E-state index in [0.29, 0.717) is 0 Å². The predicted octanol–water partition coefficient (Wildman–Crippen LogP) is 3.97. The Morgan fingerprint density at radius 1 is 1.31 bits per heavy atom. The highest BCUT2D eigenvalue weighted by Gasteiger charge is 2.22. The van der Waals surface area contributed by atoms with Gasteiger partial charge in [0.05, 0.1) is 0 Å². The molecule has 68 valence electrons. The topological polar surface area (TPSA) is 0 Å². The number of allylic oxidation sites excluding steroid dienone is 1. The number of halogens is 1. The van der Waals surface area contributed by atoms with Gasteiger partial charge in [0.2, 0.25) is 0 Å². The van der Waals surface area contributed by atoms with Crippen molar-refractivity contribution in [2.75, 3.05) is 5.33 Å². The van der Waals surface area contributed by atoms with Gasteiger partial charge in [-0.2, -0.15) is 0 Å². The molecule has 2 rings (SSSR count). The second-order valence-corrected chi connectivity index (χ2v) is 4.19. The molecule has 0 radical (unpaired) electrons. The molecule has 0 aliphatic heterocycles. The Labute approximate surface area is 87.8 Å². The number of hydrogen-bond acceptors (Lipinski definition) is 0. The molecule has 0 spiro atoms. The second-order valence-electron chi connectivity index (χ2n) is 3.63. The Balaban J connectivity index is 2.17. The van der Waals surface area contributed by atoms with Crippen molar-refractivity contribution in [2.45, 2.75) is 18.8 Å². The average Bonchev–Trinajstić information content (AvgIpc) is 3.00. The lowest BCUT2D eigenvalue weighted by Crippen LogP contribution is -1.85. The maximum atomic E-state index is 3.99. The summed E-state index contributed by atoms with van der Waals surface area (Å²) in [5, 5.41) is 0.857. The fraction of sp³-hybridized carbons (Fsp3) is 0.333. The van der Waals surface area contributed by atoms with Gasteiger partial charge in [-0.3, -0.25) is 0 Å². The van der Waals surface area contributed by atoms with E-state index < -0.39 is 0 Å². The van der Waals surface area contributed by atoms with E-state index in [-0.39, 0.29) is 0 Å². The summed E-state index contributed by atoms with van der Waals surface area (Å²) in [6, 6.07) is 8.83. The molecule has 1 heteroatoms. The molecule has 1 aromatic rings. The standard InChI is InChI=1S/C12H13Br/c1-9(8-13)10-2-4-11(5-3-10)12-6-7-12/h2-5,12H,1,6-8H2. The fourth-order valence-corrected chi connectivity index (χ4v) is 1.81. The van der Waals surface area contributed by atoms with Gasteiger partial charge in [0.15, 0.2) is 0 Å². The molecule has 0 amide bonds. The maximum absolute atomic E-state index is 3.99. The van der Waals surface area contributed by atoms with Gasteiger partial charge in [0, 0.05) is 5.33 Å². The van der Waals surface area contributed by atoms with Gasteiger partial charge >= 0.3 is 0 Å². The van der Waals surface area contributed by atoms with Gasteiger partial charge in [-0.1, -0.05) is 46.8 Å². The first-order chi connectivity index (χ1) is 6.31. The molecule has 0 N–H and O–H groups in total. The Bertz CT molecular complexity index is 306. The van der Waals surface area contributed by atoms with E-state index >= 15 is 0 Å². The molecule has 13 heavy (non-hydrogen) atoms. The molecule has 1 aliphatic carbocycles. The van der Waals surface area contributed by atoms with E-state index in [1.807, 2.05) is 0 Å². The van der Waals surface area contributed by atoms with Gasteiger partial charge in [-0.25, -0.2) is 0 Å². The Morgan fingerprint density at radius 3 is 2.38 bits per heavy atom. The van der Waals surface area contributed by atoms with Crippen molar-refractivity contribution in [3.8, 4) is 0 Å². The molecular weight excluding hydrogens is 224 g/mol. The fourth-order valence-electron chi connectivity index (χ4n) is 1.48. The van der Waals surface area contributed by atoms with Crippen LogP contribution >= 0.6 is 15.9 Å². The van der Waals surface area contributed by atoms with Crippen LogP contribution in [0.25, 0.3) is 5.57 Å². The number of hydrogen-bond donors (Lipinski definition) is 0. The van der Waals surface area contributed by atoms with Crippen LogP contribution in [0.15, 0.2) is 30.8 Å². The first kappa shape index (κ1) is 9.01. The molecule has 0 unspecified atom stereocenters. The molecule has 0 heterocycles. The van der Waals surface area contributed by atoms with Crippen LogP contribution in [0.1, 0.15) is 29.9 Å². The van der Waals surface area contributed by atoms with Crippen molar-refractivity contribution in [3.05, 3.63) is 42.0 Å². The third kappa shape index (κ3) is 2.02. The summed E-state index contributed by atoms with van der Waals surface area (Å²) in [6.07, 6.45) is 2.75. The largest absolute Gasteiger partial charge is 0.0944 e. The number of rotatable bonds is 3. The molecule has 0 saturated heterocycles. The molecule has 1 aliphatic rings. The second kappa shape index (κ2) is 3.67. The zero-order valence-electron chi connectivity index (χ0n) is 7.59. The minimum atomic E-state index is 0.853. The van der Waals surface area contributed by atoms with Gasteiger partial charge in [0.1, 0.15) is 0 Å². The van der Waals surface area contributed by atoms with Crippen molar-refractivity contribution in [2.24, 2.45) is 0 Å². The molecule has 0 aromatic heterocycles. The summed E-state index contributed by atoms with van der Waals surface area (Å²) in [4.78, 5) is 0. The summed E-state index contributed by atoms with van der Waals surface area (Å²) < 4.78 is 0. The summed E-state index contributed by atoms with van der Waals surface area (Å²) in [7, 11) is 0. The highest BCUT2D eigenvalue weighted by atomic mass is 79.9. The number of alkyl halides is 1. The summed E-state index contributed by atoms with van der Waals surface area (Å²) in [5.74, 6) is 0.853. The quantitative estimate of drug-likeness (QED) is 0.697. The molecule has 0 nitrogen and oxygen atoms in total. The van der Waals surface area contributed by atoms with Crippen molar-refractivity contribution in [1.29, 1.82) is 0 Å². The predicted molar refractivity (Wildman–Crippen MR) is 61.2 cm³/mol. The maximum Gasteiger partial charge on any atom is 0.0283 e. The smallest absolute Gasteiger partial charge is 0.0283 e. The highest BCUT2D eigenvalue weighted by molar-refractivity contribution is 9.09. The van der Waals surface area contributed by atoms with Gasteiger partial charge in [-0.15, -0.1) is 0 Å². The lowest BCUT2D eigenvalue weighted by atomic mass is 10.0. The van der Waals surface area contributed by atoms with Gasteiger partial charge < -0.3 is 0 Å². The molecule has 0 bridgehead atoms. The molecule has 1 aromatic carbocycles. The van der Waals surface area contributed by atoms with Crippen molar-refractivity contribution < 1.29 is 0 Å². The minimum Gasteiger partial charge on any atom is -0.0944 e. The lowest BCUT2D eigenvalue weighted by Gasteiger charge is -2.03. The Morgan fingerprint density at radius 2 is 1.92 bits per heavy atom. The summed E-state index contributed by atoms with van der Waals surface area (Å²) >= 11 is 3.41. The van der Waals surface area contributed by atoms with Crippen molar-refractivity contribution in [3.63, 3.8) is 0 Å². The zero-order valence-corrected chi connectivity index (χ0v) is 9.18. The molecule has 1 saturated carbocycles. The van der Waals surface area contributed by atoms with Crippen LogP contribution in [-0.4, -0.2) is 5.33 Å². The van der Waals surface area contributed by atoms with Crippen LogP contribution in [0.3, 0.4) is 0 Å². The zero-order chi connectivity index (χ0) is 9.26. The van der Waals surface area contributed by atoms with E-state index in [1.54, 1.807) is 0 Å². The van der Waals surface area contributed by atoms with Gasteiger partial charge in [-0.05, 0) is 35.5 Å². The van der Waals surface area contributed by atoms with E-state index in [2.05, 4.69) is 46.8 Å². The van der Waals surface area contributed by atoms with Crippen LogP contribution in [0.4, 0.5) is 0 Å². The molecular formula is C12H13Br. The minimum absolute atomic E-state index is 0.853. The van der Waals surface area contributed by atoms with Crippen LogP contribution in [0, 0.1) is 0 Å². The Kier molecular flexibility index (Phi) is 2.54. The lowest BCUT2D eigenvalue weighted by molar-refractivity contribution is 1.13. The molecule has 0 atom stereocenters. The summed E-state index contributed by atoms with van der Waals surface area (Å²) in [6.45, 7) is 3.99. The first-order valence-corrected chi connectivity index (χ1v) is 5.77. The van der Waals surface area contributed by atoms with E-state index in [1.165, 1.54) is 24.0 Å². The van der Waals surface area contributed by atoms with Crippen molar-refractivity contribution >= 4 is 21.5 Å². The van der Waals surface area contributed by atoms with E-state index in [0.717, 1.165) is 16.8 Å². The number of benzene rings is 1. The first-order valence-electron chi connectivity index (χ1n) is 4.65. The third-order valence-corrected chi connectivity index (χ3v) is 3.21. The van der Waals surface area contributed by atoms with Crippen LogP contribution in [-0.2, 0) is 0 Å². The monoisotopic (exact) mass is 236 g/mol. The van der Waals surface area contributed by atoms with Crippen LogP contribution in [0.2, 0.25) is 0 Å². The van der Waals surface area contributed by atoms with E-state index in [4.69, 9.17) is 0 Å². The highest BCUT2D eigenvalue weighted by Crippen LogP contribution is 2.40. The van der Waals surface area contributed by atoms with Gasteiger partial charge in [0.25, 0.3) is 0 Å². The summed E-state index contributed by atoms with van der Waals surface area (Å²) in [5.41, 5.74) is 3.90. The van der Waals surface area contributed by atoms with Crippen molar-refractivity contribution in [1.82, 2.24) is 0 Å². The van der Waals surface area contributed by atoms with E-state index in [9.17, 15) is 0 Å². The van der Waals surface area contributed by atoms with Crippen LogP contribution in [0.5, 0.6) is 0 Å². The van der Waals surface area contributed by atoms with Crippen LogP contribution < -0.4 is 0 Å². The normalized spacial score (nSPS) is 15.8.